The zero-order chi connectivity index (χ0) is 15.1. The Hall–Kier alpha value is -2.34. The standard InChI is InChI=1S/C21H22/c1-4-12-18(13-5-2)21(3,19-14-8-6-9-15-19)20-16-10-7-11-17-20/h4-17H,1H2,2-3H3/b13-5-,18-12+. The Labute approximate surface area is 128 Å². The number of hydrogen-bond acceptors (Lipinski definition) is 0. The molecule has 0 N–H and O–H groups in total. The Morgan fingerprint density at radius 3 is 1.76 bits per heavy atom. The zero-order valence-corrected chi connectivity index (χ0v) is 12.8. The molecule has 0 aromatic heterocycles. The number of benzene rings is 2. The number of hydrogen-bond donors (Lipinski definition) is 0. The Morgan fingerprint density at radius 2 is 1.38 bits per heavy atom. The Morgan fingerprint density at radius 1 is 0.905 bits per heavy atom. The average Bonchev–Trinajstić information content (AvgIpc) is 2.55. The minimum Gasteiger partial charge on any atom is -0.0991 e. The molecule has 106 valence electrons. The third kappa shape index (κ3) is 3.05. The quantitative estimate of drug-likeness (QED) is 0.615. The van der Waals surface area contributed by atoms with Crippen LogP contribution in [-0.4, -0.2) is 0 Å². The molecule has 0 bridgehead atoms. The maximum atomic E-state index is 3.87. The van der Waals surface area contributed by atoms with Gasteiger partial charge in [-0.05, 0) is 30.5 Å². The van der Waals surface area contributed by atoms with Crippen molar-refractivity contribution in [1.82, 2.24) is 0 Å². The predicted molar refractivity (Wildman–Crippen MR) is 92.4 cm³/mol. The van der Waals surface area contributed by atoms with Gasteiger partial charge in [0, 0.05) is 5.41 Å². The first-order valence-electron chi connectivity index (χ1n) is 7.30. The van der Waals surface area contributed by atoms with Gasteiger partial charge in [0.2, 0.25) is 0 Å². The second kappa shape index (κ2) is 6.90. The van der Waals surface area contributed by atoms with Gasteiger partial charge < -0.3 is 0 Å². The van der Waals surface area contributed by atoms with E-state index in [9.17, 15) is 0 Å². The topological polar surface area (TPSA) is 0 Å². The first-order chi connectivity index (χ1) is 10.2. The smallest absolute Gasteiger partial charge is 0.0423 e. The van der Waals surface area contributed by atoms with Crippen molar-refractivity contribution < 1.29 is 0 Å². The Kier molecular flexibility index (Phi) is 4.94. The van der Waals surface area contributed by atoms with E-state index >= 15 is 0 Å². The molecular weight excluding hydrogens is 252 g/mol. The van der Waals surface area contributed by atoms with Crippen LogP contribution in [0.25, 0.3) is 0 Å². The molecule has 0 heterocycles. The first-order valence-corrected chi connectivity index (χ1v) is 7.30. The van der Waals surface area contributed by atoms with E-state index in [1.165, 1.54) is 16.7 Å². The van der Waals surface area contributed by atoms with Crippen molar-refractivity contribution in [3.8, 4) is 0 Å². The molecule has 0 atom stereocenters. The van der Waals surface area contributed by atoms with Crippen LogP contribution in [0.4, 0.5) is 0 Å². The highest BCUT2D eigenvalue weighted by molar-refractivity contribution is 5.52. The van der Waals surface area contributed by atoms with Crippen molar-refractivity contribution in [3.05, 3.63) is 108 Å². The number of rotatable bonds is 5. The van der Waals surface area contributed by atoms with Crippen LogP contribution in [0.1, 0.15) is 25.0 Å². The van der Waals surface area contributed by atoms with Gasteiger partial charge in [-0.25, -0.2) is 0 Å². The SMILES string of the molecule is C=C/C=C(\C=C/C)C(C)(c1ccccc1)c1ccccc1. The molecule has 0 fully saturated rings. The lowest BCUT2D eigenvalue weighted by molar-refractivity contribution is 0.691. The molecule has 2 aromatic rings. The van der Waals surface area contributed by atoms with Crippen molar-refractivity contribution >= 4 is 0 Å². The summed E-state index contributed by atoms with van der Waals surface area (Å²) in [6, 6.07) is 21.2. The summed E-state index contributed by atoms with van der Waals surface area (Å²) in [5.74, 6) is 0. The van der Waals surface area contributed by atoms with Gasteiger partial charge in [-0.1, -0.05) is 91.5 Å². The third-order valence-corrected chi connectivity index (χ3v) is 3.92. The molecule has 2 rings (SSSR count). The molecule has 0 saturated heterocycles. The molecular formula is C21H22. The van der Waals surface area contributed by atoms with Gasteiger partial charge in [0.25, 0.3) is 0 Å². The van der Waals surface area contributed by atoms with Gasteiger partial charge in [-0.15, -0.1) is 0 Å². The van der Waals surface area contributed by atoms with E-state index in [2.05, 4.69) is 92.4 Å². The summed E-state index contributed by atoms with van der Waals surface area (Å²) in [6.07, 6.45) is 8.21. The normalized spacial score (nSPS) is 12.6. The molecule has 0 heteroatoms. The summed E-state index contributed by atoms with van der Waals surface area (Å²) in [5.41, 5.74) is 3.60. The van der Waals surface area contributed by atoms with Crippen LogP contribution in [0, 0.1) is 0 Å². The van der Waals surface area contributed by atoms with Gasteiger partial charge in [0.15, 0.2) is 0 Å². The highest BCUT2D eigenvalue weighted by Gasteiger charge is 2.31. The van der Waals surface area contributed by atoms with Crippen LogP contribution in [0.3, 0.4) is 0 Å². The van der Waals surface area contributed by atoms with E-state index < -0.39 is 0 Å². The van der Waals surface area contributed by atoms with Gasteiger partial charge >= 0.3 is 0 Å². The van der Waals surface area contributed by atoms with Crippen LogP contribution in [0.2, 0.25) is 0 Å². The average molecular weight is 274 g/mol. The summed E-state index contributed by atoms with van der Waals surface area (Å²) < 4.78 is 0. The highest BCUT2D eigenvalue weighted by Crippen LogP contribution is 2.39. The third-order valence-electron chi connectivity index (χ3n) is 3.92. The highest BCUT2D eigenvalue weighted by atomic mass is 14.3. The molecule has 0 aliphatic carbocycles. The van der Waals surface area contributed by atoms with Crippen LogP contribution < -0.4 is 0 Å². The van der Waals surface area contributed by atoms with Gasteiger partial charge in [-0.2, -0.15) is 0 Å². The second-order valence-electron chi connectivity index (χ2n) is 5.21. The lowest BCUT2D eigenvalue weighted by Crippen LogP contribution is -2.25. The van der Waals surface area contributed by atoms with E-state index in [1.54, 1.807) is 0 Å². The molecule has 0 saturated carbocycles. The molecule has 0 spiro atoms. The molecule has 0 aliphatic rings. The van der Waals surface area contributed by atoms with Crippen molar-refractivity contribution in [1.29, 1.82) is 0 Å². The van der Waals surface area contributed by atoms with Crippen molar-refractivity contribution in [2.45, 2.75) is 19.3 Å². The Balaban J connectivity index is 2.70. The van der Waals surface area contributed by atoms with E-state index in [1.807, 2.05) is 13.0 Å². The van der Waals surface area contributed by atoms with Crippen molar-refractivity contribution in [2.75, 3.05) is 0 Å². The summed E-state index contributed by atoms with van der Waals surface area (Å²) >= 11 is 0. The van der Waals surface area contributed by atoms with Crippen LogP contribution >= 0.6 is 0 Å². The minimum absolute atomic E-state index is 0.191. The summed E-state index contributed by atoms with van der Waals surface area (Å²) in [7, 11) is 0. The fourth-order valence-electron chi connectivity index (χ4n) is 2.74. The molecule has 21 heavy (non-hydrogen) atoms. The van der Waals surface area contributed by atoms with Crippen LogP contribution in [-0.2, 0) is 5.41 Å². The molecule has 2 aromatic carbocycles. The van der Waals surface area contributed by atoms with Crippen molar-refractivity contribution in [2.24, 2.45) is 0 Å². The molecule has 0 amide bonds. The lowest BCUT2D eigenvalue weighted by atomic mass is 9.70. The van der Waals surface area contributed by atoms with Gasteiger partial charge in [-0.3, -0.25) is 0 Å². The molecule has 0 unspecified atom stereocenters. The van der Waals surface area contributed by atoms with Crippen LogP contribution in [0.15, 0.2) is 97.1 Å². The summed E-state index contributed by atoms with van der Waals surface area (Å²) in [6.45, 7) is 8.19. The minimum atomic E-state index is -0.191. The van der Waals surface area contributed by atoms with Gasteiger partial charge in [0.05, 0.1) is 0 Å². The summed E-state index contributed by atoms with van der Waals surface area (Å²) in [4.78, 5) is 0. The summed E-state index contributed by atoms with van der Waals surface area (Å²) in [5, 5.41) is 0. The van der Waals surface area contributed by atoms with E-state index in [-0.39, 0.29) is 5.41 Å². The lowest BCUT2D eigenvalue weighted by Gasteiger charge is -2.32. The number of allylic oxidation sites excluding steroid dienone is 5. The predicted octanol–water partition coefficient (Wildman–Crippen LogP) is 5.68. The maximum absolute atomic E-state index is 3.87. The zero-order valence-electron chi connectivity index (χ0n) is 12.8. The largest absolute Gasteiger partial charge is 0.0991 e. The molecule has 0 aliphatic heterocycles. The first kappa shape index (κ1) is 15.1. The van der Waals surface area contributed by atoms with E-state index in [0.29, 0.717) is 0 Å². The maximum Gasteiger partial charge on any atom is 0.0423 e. The monoisotopic (exact) mass is 274 g/mol. The Bertz CT molecular complexity index is 591. The fraction of sp³-hybridized carbons (Fsp3) is 0.143. The molecule has 0 radical (unpaired) electrons. The van der Waals surface area contributed by atoms with E-state index in [4.69, 9.17) is 0 Å². The van der Waals surface area contributed by atoms with Crippen LogP contribution in [0.5, 0.6) is 0 Å². The molecule has 0 nitrogen and oxygen atoms in total. The fourth-order valence-corrected chi connectivity index (χ4v) is 2.74. The van der Waals surface area contributed by atoms with Gasteiger partial charge in [0.1, 0.15) is 0 Å². The van der Waals surface area contributed by atoms with Crippen molar-refractivity contribution in [3.63, 3.8) is 0 Å². The second-order valence-corrected chi connectivity index (χ2v) is 5.21. The van der Waals surface area contributed by atoms with E-state index in [0.717, 1.165) is 0 Å².